The van der Waals surface area contributed by atoms with Crippen LogP contribution in [0, 0.1) is 0 Å². The second-order valence-corrected chi connectivity index (χ2v) is 3.79. The maximum atomic E-state index is 12.7. The molecule has 0 radical (unpaired) electrons. The van der Waals surface area contributed by atoms with E-state index in [0.29, 0.717) is 10.8 Å². The molecule has 0 aliphatic carbocycles. The zero-order valence-corrected chi connectivity index (χ0v) is 9.26. The highest BCUT2D eigenvalue weighted by Crippen LogP contribution is 2.30. The minimum Gasteiger partial charge on any atom is -0.244 e. The lowest BCUT2D eigenvalue weighted by Gasteiger charge is -2.08. The van der Waals surface area contributed by atoms with Gasteiger partial charge in [-0.1, -0.05) is 29.8 Å². The lowest BCUT2D eigenvalue weighted by atomic mass is 10.0. The van der Waals surface area contributed by atoms with E-state index in [2.05, 4.69) is 4.98 Å². The third kappa shape index (κ3) is 2.26. The van der Waals surface area contributed by atoms with Gasteiger partial charge in [0.1, 0.15) is 5.15 Å². The minimum absolute atomic E-state index is 0.0756. The van der Waals surface area contributed by atoms with Crippen molar-refractivity contribution in [2.75, 3.05) is 0 Å². The number of nitrogens with zero attached hydrogens (tertiary/aromatic N) is 1. The quantitative estimate of drug-likeness (QED) is 0.724. The molecule has 1 aromatic carbocycles. The van der Waals surface area contributed by atoms with Crippen molar-refractivity contribution >= 4 is 27.9 Å². The van der Waals surface area contributed by atoms with Crippen LogP contribution in [-0.4, -0.2) is 11.4 Å². The van der Waals surface area contributed by atoms with Gasteiger partial charge in [0.2, 0.25) is 0 Å². The zero-order chi connectivity index (χ0) is 12.4. The van der Waals surface area contributed by atoms with E-state index in [4.69, 9.17) is 11.6 Å². The summed E-state index contributed by atoms with van der Waals surface area (Å²) in [5, 5.41) is 1.26. The number of halogens is 4. The van der Waals surface area contributed by atoms with Crippen molar-refractivity contribution in [3.05, 3.63) is 47.5 Å². The number of allylic oxidation sites excluding steroid dienone is 1. The van der Waals surface area contributed by atoms with E-state index in [1.54, 1.807) is 12.1 Å². The molecule has 0 aliphatic rings. The topological polar surface area (TPSA) is 12.9 Å². The minimum atomic E-state index is -2.88. The number of hydrogen-bond donors (Lipinski definition) is 0. The van der Waals surface area contributed by atoms with Gasteiger partial charge in [-0.25, -0.2) is 18.2 Å². The van der Waals surface area contributed by atoms with E-state index < -0.39 is 12.0 Å². The summed E-state index contributed by atoms with van der Waals surface area (Å²) in [6.45, 7) is 0. The molecule has 5 heteroatoms. The van der Waals surface area contributed by atoms with Crippen molar-refractivity contribution < 1.29 is 13.2 Å². The smallest absolute Gasteiger partial charge is 0.244 e. The maximum Gasteiger partial charge on any atom is 0.266 e. The first-order valence-corrected chi connectivity index (χ1v) is 5.14. The molecule has 0 spiro atoms. The van der Waals surface area contributed by atoms with Gasteiger partial charge >= 0.3 is 0 Å². The summed E-state index contributed by atoms with van der Waals surface area (Å²) in [6, 6.07) is 6.14. The molecule has 0 atom stereocenters. The molecule has 1 aromatic heterocycles. The molecule has 0 N–H and O–H groups in total. The number of aromatic nitrogens is 1. The van der Waals surface area contributed by atoms with Crippen molar-refractivity contribution in [2.45, 2.75) is 6.43 Å². The standard InChI is InChI=1S/C12H7ClF3N/c13-11-4-9-7(6-17-11)2-1-3-8(9)10(5-14)12(15)16/h1-6,12H. The van der Waals surface area contributed by atoms with Crippen LogP contribution in [0.2, 0.25) is 5.15 Å². The van der Waals surface area contributed by atoms with E-state index in [9.17, 15) is 13.2 Å². The predicted molar refractivity (Wildman–Crippen MR) is 61.8 cm³/mol. The molecule has 0 bridgehead atoms. The van der Waals surface area contributed by atoms with Gasteiger partial charge in [0.05, 0.1) is 11.9 Å². The van der Waals surface area contributed by atoms with Crippen LogP contribution >= 0.6 is 11.6 Å². The maximum absolute atomic E-state index is 12.7. The van der Waals surface area contributed by atoms with Crippen molar-refractivity contribution in [2.24, 2.45) is 0 Å². The molecule has 17 heavy (non-hydrogen) atoms. The summed E-state index contributed by atoms with van der Waals surface area (Å²) < 4.78 is 37.8. The number of hydrogen-bond acceptors (Lipinski definition) is 1. The molecular weight excluding hydrogens is 251 g/mol. The van der Waals surface area contributed by atoms with E-state index in [1.165, 1.54) is 18.3 Å². The number of alkyl halides is 2. The second-order valence-electron chi connectivity index (χ2n) is 3.40. The predicted octanol–water partition coefficient (Wildman–Crippen LogP) is 4.46. The molecular formula is C12H7ClF3N. The van der Waals surface area contributed by atoms with Gasteiger partial charge in [0.25, 0.3) is 6.43 Å². The molecule has 0 saturated carbocycles. The van der Waals surface area contributed by atoms with Crippen LogP contribution in [-0.2, 0) is 0 Å². The van der Waals surface area contributed by atoms with Crippen LogP contribution in [0.25, 0.3) is 16.3 Å². The van der Waals surface area contributed by atoms with E-state index >= 15 is 0 Å². The Hall–Kier alpha value is -1.55. The van der Waals surface area contributed by atoms with Crippen LogP contribution in [0.5, 0.6) is 0 Å². The molecule has 0 unspecified atom stereocenters. The third-order valence-corrected chi connectivity index (χ3v) is 2.60. The van der Waals surface area contributed by atoms with Gasteiger partial charge in [0.15, 0.2) is 0 Å². The lowest BCUT2D eigenvalue weighted by Crippen LogP contribution is -1.97. The Morgan fingerprint density at radius 3 is 2.76 bits per heavy atom. The lowest BCUT2D eigenvalue weighted by molar-refractivity contribution is 0.214. The third-order valence-electron chi connectivity index (χ3n) is 2.39. The van der Waals surface area contributed by atoms with Crippen molar-refractivity contribution in [1.29, 1.82) is 0 Å². The SMILES string of the molecule is FC=C(c1cccc2cnc(Cl)cc12)C(F)F. The second kappa shape index (κ2) is 4.75. The molecule has 88 valence electrons. The fraction of sp³-hybridized carbons (Fsp3) is 0.0833. The van der Waals surface area contributed by atoms with Crippen LogP contribution in [0.4, 0.5) is 13.2 Å². The summed E-state index contributed by atoms with van der Waals surface area (Å²) in [7, 11) is 0. The number of benzene rings is 1. The first-order chi connectivity index (χ1) is 8.13. The van der Waals surface area contributed by atoms with E-state index in [0.717, 1.165) is 0 Å². The van der Waals surface area contributed by atoms with Crippen LogP contribution in [0.1, 0.15) is 5.56 Å². The highest BCUT2D eigenvalue weighted by Gasteiger charge is 2.16. The summed E-state index contributed by atoms with van der Waals surface area (Å²) >= 11 is 5.71. The summed E-state index contributed by atoms with van der Waals surface area (Å²) in [5.74, 6) is 0. The van der Waals surface area contributed by atoms with Crippen LogP contribution in [0.3, 0.4) is 0 Å². The van der Waals surface area contributed by atoms with Crippen molar-refractivity contribution in [3.63, 3.8) is 0 Å². The fourth-order valence-electron chi connectivity index (χ4n) is 1.62. The normalized spacial score (nSPS) is 12.4. The van der Waals surface area contributed by atoms with Crippen LogP contribution in [0.15, 0.2) is 36.8 Å². The van der Waals surface area contributed by atoms with E-state index in [1.807, 2.05) is 0 Å². The Kier molecular flexibility index (Phi) is 3.33. The number of fused-ring (bicyclic) bond motifs is 1. The van der Waals surface area contributed by atoms with E-state index in [-0.39, 0.29) is 17.0 Å². The molecule has 1 nitrogen and oxygen atoms in total. The zero-order valence-electron chi connectivity index (χ0n) is 8.50. The molecule has 0 aliphatic heterocycles. The van der Waals surface area contributed by atoms with Gasteiger partial charge in [-0.15, -0.1) is 0 Å². The molecule has 2 rings (SSSR count). The highest BCUT2D eigenvalue weighted by molar-refractivity contribution is 6.30. The first kappa shape index (κ1) is 11.9. The number of rotatable bonds is 2. The van der Waals surface area contributed by atoms with Gasteiger partial charge in [-0.05, 0) is 17.0 Å². The number of pyridine rings is 1. The Morgan fingerprint density at radius 2 is 2.12 bits per heavy atom. The molecule has 0 fully saturated rings. The first-order valence-electron chi connectivity index (χ1n) is 4.76. The Labute approximate surface area is 101 Å². The molecule has 2 aromatic rings. The average Bonchev–Trinajstić information content (AvgIpc) is 2.30. The Balaban J connectivity index is 2.73. The van der Waals surface area contributed by atoms with Gasteiger partial charge in [0, 0.05) is 11.6 Å². The van der Waals surface area contributed by atoms with Gasteiger partial charge in [-0.2, -0.15) is 0 Å². The fourth-order valence-corrected chi connectivity index (χ4v) is 1.78. The summed E-state index contributed by atoms with van der Waals surface area (Å²) in [4.78, 5) is 3.84. The van der Waals surface area contributed by atoms with Crippen molar-refractivity contribution in [1.82, 2.24) is 4.98 Å². The molecule has 0 saturated heterocycles. The van der Waals surface area contributed by atoms with Crippen LogP contribution < -0.4 is 0 Å². The average molecular weight is 258 g/mol. The molecule has 1 heterocycles. The largest absolute Gasteiger partial charge is 0.266 e. The van der Waals surface area contributed by atoms with Gasteiger partial charge < -0.3 is 0 Å². The van der Waals surface area contributed by atoms with Gasteiger partial charge in [-0.3, -0.25) is 0 Å². The highest BCUT2D eigenvalue weighted by atomic mass is 35.5. The summed E-state index contributed by atoms with van der Waals surface area (Å²) in [5.41, 5.74) is -0.526. The Bertz CT molecular complexity index is 581. The molecule has 0 amide bonds. The monoisotopic (exact) mass is 257 g/mol. The Morgan fingerprint density at radius 1 is 1.35 bits per heavy atom. The summed E-state index contributed by atoms with van der Waals surface area (Å²) in [6.07, 6.45) is -1.49. The van der Waals surface area contributed by atoms with Crippen molar-refractivity contribution in [3.8, 4) is 0 Å².